The smallest absolute Gasteiger partial charge is 0.545 e. The maximum atomic E-state index is 12.1. The molecule has 0 saturated carbocycles. The van der Waals surface area contributed by atoms with Crippen molar-refractivity contribution in [3.63, 3.8) is 0 Å². The average Bonchev–Trinajstić information content (AvgIpc) is 2.69. The fourth-order valence-electron chi connectivity index (χ4n) is 1.17. The monoisotopic (exact) mass is 497 g/mol. The van der Waals surface area contributed by atoms with Gasteiger partial charge < -0.3 is 53.7 Å². The predicted octanol–water partition coefficient (Wildman–Crippen LogP) is -3.47. The first-order valence-corrected chi connectivity index (χ1v) is 7.97. The van der Waals surface area contributed by atoms with Gasteiger partial charge in [-0.3, -0.25) is 0 Å². The zero-order chi connectivity index (χ0) is 21.9. The molecule has 0 aliphatic carbocycles. The summed E-state index contributed by atoms with van der Waals surface area (Å²) < 4.78 is 24.3. The van der Waals surface area contributed by atoms with Gasteiger partial charge in [-0.25, -0.2) is 8.78 Å². The van der Waals surface area contributed by atoms with Gasteiger partial charge in [-0.2, -0.15) is 0 Å². The normalized spacial score (nSPS) is 7.94. The number of nitrogens with two attached hydrogens (primary N) is 4. The molecule has 2 aromatic rings. The van der Waals surface area contributed by atoms with Gasteiger partial charge in [0.15, 0.2) is 0 Å². The van der Waals surface area contributed by atoms with Crippen molar-refractivity contribution < 1.29 is 56.6 Å². The van der Waals surface area contributed by atoms with E-state index in [-0.39, 0.29) is 39.1 Å². The Balaban J connectivity index is -0.000000102. The molecular weight excluding hydrogens is 470 g/mol. The summed E-state index contributed by atoms with van der Waals surface area (Å²) in [5, 5.41) is 20.2. The van der Waals surface area contributed by atoms with E-state index in [0.717, 1.165) is 48.5 Å². The summed E-state index contributed by atoms with van der Waals surface area (Å²) in [6, 6.07) is 8.93. The Morgan fingerprint density at radius 2 is 0.806 bits per heavy atom. The number of carboxylic acid groups (broad SMARTS) is 2. The van der Waals surface area contributed by atoms with Crippen molar-refractivity contribution in [2.24, 2.45) is 22.9 Å². The number of carbonyl (C=O) groups excluding carboxylic acids is 2. The zero-order valence-electron chi connectivity index (χ0n) is 16.4. The molecule has 10 nitrogen and oxygen atoms in total. The Hall–Kier alpha value is -2.48. The number of aromatic carboxylic acids is 2. The second kappa shape index (κ2) is 25.6. The molecule has 0 spiro atoms. The largest absolute Gasteiger partial charge is 2.00 e. The number of hydrogen-bond acceptors (Lipinski definition) is 8. The van der Waals surface area contributed by atoms with Gasteiger partial charge in [-0.05, 0) is 35.4 Å². The summed E-state index contributed by atoms with van der Waals surface area (Å²) >= 11 is 0. The van der Waals surface area contributed by atoms with Crippen molar-refractivity contribution in [2.45, 2.75) is 0 Å². The molecule has 0 unspecified atom stereocenters. The van der Waals surface area contributed by atoms with Crippen LogP contribution in [-0.4, -0.2) is 49.1 Å². The van der Waals surface area contributed by atoms with E-state index in [0.29, 0.717) is 26.2 Å². The fourth-order valence-corrected chi connectivity index (χ4v) is 1.17. The topological polar surface area (TPSA) is 247 Å². The minimum atomic E-state index is -1.29. The van der Waals surface area contributed by atoms with E-state index < -0.39 is 23.6 Å². The third-order valence-corrected chi connectivity index (χ3v) is 2.49. The average molecular weight is 498 g/mol. The Labute approximate surface area is 189 Å². The van der Waals surface area contributed by atoms with Crippen LogP contribution in [0.15, 0.2) is 48.5 Å². The van der Waals surface area contributed by atoms with E-state index in [2.05, 4.69) is 0 Å². The molecule has 31 heavy (non-hydrogen) atoms. The third kappa shape index (κ3) is 23.7. The predicted molar refractivity (Wildman–Crippen MR) is 105 cm³/mol. The van der Waals surface area contributed by atoms with E-state index in [1.54, 1.807) is 0 Å². The van der Waals surface area contributed by atoms with Crippen LogP contribution in [0.25, 0.3) is 0 Å². The molecule has 2 aromatic carbocycles. The summed E-state index contributed by atoms with van der Waals surface area (Å²) in [4.78, 5) is 20.2. The van der Waals surface area contributed by atoms with E-state index in [1.165, 1.54) is 0 Å². The summed E-state index contributed by atoms with van der Waals surface area (Å²) in [6.07, 6.45) is 0. The number of halogens is 2. The summed E-state index contributed by atoms with van der Waals surface area (Å²) in [7, 11) is 0. The fraction of sp³-hybridized carbons (Fsp3) is 0.222. The Morgan fingerprint density at radius 1 is 0.613 bits per heavy atom. The van der Waals surface area contributed by atoms with E-state index in [4.69, 9.17) is 22.9 Å². The number of rotatable bonds is 4. The van der Waals surface area contributed by atoms with Crippen LogP contribution in [0.4, 0.5) is 8.78 Å². The SMILES string of the molecule is NCCN.NCCN.O.O.O=C([O-])c1ccc(F)cc1.O=C([O-])c1ccc(F)cc1.[Cu+2]. The van der Waals surface area contributed by atoms with Gasteiger partial charge >= 0.3 is 17.1 Å². The molecule has 0 atom stereocenters. The molecular formula is C18H28CuF2N4O6. The second-order valence-corrected chi connectivity index (χ2v) is 4.74. The minimum Gasteiger partial charge on any atom is -0.545 e. The zero-order valence-corrected chi connectivity index (χ0v) is 17.4. The van der Waals surface area contributed by atoms with Crippen LogP contribution in [0, 0.1) is 11.6 Å². The Morgan fingerprint density at radius 3 is 0.935 bits per heavy atom. The van der Waals surface area contributed by atoms with Crippen molar-refractivity contribution in [1.29, 1.82) is 0 Å². The molecule has 0 aromatic heterocycles. The molecule has 181 valence electrons. The number of hydrogen-bond donors (Lipinski definition) is 4. The molecule has 1 radical (unpaired) electrons. The van der Waals surface area contributed by atoms with E-state index in [1.807, 2.05) is 0 Å². The molecule has 0 heterocycles. The number of benzene rings is 2. The van der Waals surface area contributed by atoms with Crippen molar-refractivity contribution >= 4 is 11.9 Å². The van der Waals surface area contributed by atoms with Crippen LogP contribution in [0.2, 0.25) is 0 Å². The molecule has 0 aliphatic heterocycles. The molecule has 2 rings (SSSR count). The molecule has 0 fully saturated rings. The van der Waals surface area contributed by atoms with Crippen molar-refractivity contribution in [3.8, 4) is 0 Å². The Kier molecular flexibility index (Phi) is 32.2. The van der Waals surface area contributed by atoms with Crippen LogP contribution in [0.3, 0.4) is 0 Å². The molecule has 0 saturated heterocycles. The van der Waals surface area contributed by atoms with Crippen LogP contribution >= 0.6 is 0 Å². The van der Waals surface area contributed by atoms with Crippen LogP contribution in [-0.2, 0) is 17.1 Å². The third-order valence-electron chi connectivity index (χ3n) is 2.49. The molecule has 0 amide bonds. The Bertz CT molecular complexity index is 616. The van der Waals surface area contributed by atoms with Gasteiger partial charge in [0.05, 0.1) is 11.9 Å². The number of carboxylic acids is 2. The second-order valence-electron chi connectivity index (χ2n) is 4.74. The molecule has 0 aliphatic rings. The van der Waals surface area contributed by atoms with Gasteiger partial charge in [0.1, 0.15) is 11.6 Å². The van der Waals surface area contributed by atoms with Gasteiger partial charge in [-0.1, -0.05) is 24.3 Å². The first kappa shape index (κ1) is 39.0. The summed E-state index contributed by atoms with van der Waals surface area (Å²) in [6.45, 7) is 2.39. The maximum absolute atomic E-state index is 12.1. The van der Waals surface area contributed by atoms with Crippen LogP contribution < -0.4 is 33.1 Å². The van der Waals surface area contributed by atoms with E-state index in [9.17, 15) is 28.6 Å². The molecule has 12 N–H and O–H groups in total. The molecule has 0 bridgehead atoms. The molecule has 13 heteroatoms. The van der Waals surface area contributed by atoms with Gasteiger partial charge in [0.25, 0.3) is 0 Å². The summed E-state index contributed by atoms with van der Waals surface area (Å²) in [5.74, 6) is -3.49. The van der Waals surface area contributed by atoms with Crippen molar-refractivity contribution in [1.82, 2.24) is 0 Å². The van der Waals surface area contributed by atoms with Crippen LogP contribution in [0.1, 0.15) is 20.7 Å². The van der Waals surface area contributed by atoms with Crippen molar-refractivity contribution in [3.05, 3.63) is 71.3 Å². The van der Waals surface area contributed by atoms with Gasteiger partial charge in [-0.15, -0.1) is 0 Å². The standard InChI is InChI=1S/2C7H5FO2.2C2H8N2.Cu.2H2O/c2*8-6-3-1-5(2-4-6)7(9)10;2*3-1-2-4;;;/h2*1-4H,(H,9,10);2*1-4H2;;2*1H2/q;;;;+2;;/p-2. The first-order valence-electron chi connectivity index (χ1n) is 7.97. The first-order chi connectivity index (χ1) is 13.2. The van der Waals surface area contributed by atoms with Gasteiger partial charge in [0, 0.05) is 26.2 Å². The van der Waals surface area contributed by atoms with E-state index >= 15 is 0 Å². The van der Waals surface area contributed by atoms with Crippen molar-refractivity contribution in [2.75, 3.05) is 26.2 Å². The minimum absolute atomic E-state index is 0. The van der Waals surface area contributed by atoms with Crippen LogP contribution in [0.5, 0.6) is 0 Å². The van der Waals surface area contributed by atoms with Gasteiger partial charge in [0.2, 0.25) is 0 Å². The maximum Gasteiger partial charge on any atom is 2.00 e. The quantitative estimate of drug-likeness (QED) is 0.308. The summed E-state index contributed by atoms with van der Waals surface area (Å²) in [5.41, 5.74) is 19.6. The number of carbonyl (C=O) groups is 2.